The molecule has 1 amide bonds. The molecule has 0 aliphatic rings. The summed E-state index contributed by atoms with van der Waals surface area (Å²) in [6.07, 6.45) is 8.72. The van der Waals surface area contributed by atoms with Crippen LogP contribution in [0.1, 0.15) is 51.0 Å². The summed E-state index contributed by atoms with van der Waals surface area (Å²) in [5, 5.41) is 11.7. The van der Waals surface area contributed by atoms with Crippen molar-refractivity contribution in [2.75, 3.05) is 11.9 Å². The number of amides is 1. The van der Waals surface area contributed by atoms with Crippen molar-refractivity contribution in [1.82, 2.24) is 0 Å². The van der Waals surface area contributed by atoms with Gasteiger partial charge in [0.2, 0.25) is 0 Å². The van der Waals surface area contributed by atoms with Crippen molar-refractivity contribution in [3.63, 3.8) is 0 Å². The van der Waals surface area contributed by atoms with Crippen molar-refractivity contribution < 1.29 is 13.9 Å². The number of para-hydroxylation sites is 1. The number of hydrogen-bond acceptors (Lipinski definition) is 3. The van der Waals surface area contributed by atoms with Crippen LogP contribution in [0, 0.1) is 17.1 Å². The van der Waals surface area contributed by atoms with E-state index in [1.54, 1.807) is 18.2 Å². The Morgan fingerprint density at radius 2 is 1.76 bits per heavy atom. The first kappa shape index (κ1) is 22.2. The summed E-state index contributed by atoms with van der Waals surface area (Å²) in [5.41, 5.74) is 0.628. The van der Waals surface area contributed by atoms with Gasteiger partial charge in [-0.2, -0.15) is 5.26 Å². The number of rotatable bonds is 11. The molecule has 0 bridgehead atoms. The molecule has 0 spiro atoms. The first-order chi connectivity index (χ1) is 14.1. The van der Waals surface area contributed by atoms with Crippen molar-refractivity contribution in [3.05, 3.63) is 65.5 Å². The van der Waals surface area contributed by atoms with E-state index < -0.39 is 11.7 Å². The molecule has 4 nitrogen and oxygen atoms in total. The monoisotopic (exact) mass is 394 g/mol. The molecule has 0 atom stereocenters. The van der Waals surface area contributed by atoms with Gasteiger partial charge in [-0.05, 0) is 42.3 Å². The maximum atomic E-state index is 13.7. The fourth-order valence-electron chi connectivity index (χ4n) is 2.80. The van der Waals surface area contributed by atoms with Crippen LogP contribution in [0.15, 0.2) is 54.1 Å². The van der Waals surface area contributed by atoms with Gasteiger partial charge < -0.3 is 10.1 Å². The molecule has 1 N–H and O–H groups in total. The molecule has 0 unspecified atom stereocenters. The fourth-order valence-corrected chi connectivity index (χ4v) is 2.80. The SMILES string of the molecule is CCCCCCCCOc1ccc(/C=C(/C#N)C(=O)Nc2ccccc2F)cc1. The predicted octanol–water partition coefficient (Wildman–Crippen LogP) is 6.11. The highest BCUT2D eigenvalue weighted by Gasteiger charge is 2.11. The molecule has 0 fully saturated rings. The molecule has 0 radical (unpaired) electrons. The molecule has 0 aromatic heterocycles. The van der Waals surface area contributed by atoms with Gasteiger partial charge in [0.05, 0.1) is 12.3 Å². The second-order valence-electron chi connectivity index (χ2n) is 6.79. The number of hydrogen-bond donors (Lipinski definition) is 1. The van der Waals surface area contributed by atoms with E-state index in [0.29, 0.717) is 12.2 Å². The van der Waals surface area contributed by atoms with Crippen LogP contribution in [0.4, 0.5) is 10.1 Å². The van der Waals surface area contributed by atoms with Crippen LogP contribution in [0.25, 0.3) is 6.08 Å². The Bertz CT molecular complexity index is 854. The lowest BCUT2D eigenvalue weighted by atomic mass is 10.1. The lowest BCUT2D eigenvalue weighted by Crippen LogP contribution is -2.14. The third-order valence-corrected chi connectivity index (χ3v) is 4.44. The van der Waals surface area contributed by atoms with E-state index in [-0.39, 0.29) is 11.3 Å². The number of anilines is 1. The summed E-state index contributed by atoms with van der Waals surface area (Å²) in [6, 6.07) is 14.9. The minimum absolute atomic E-state index is 0.0390. The fraction of sp³-hybridized carbons (Fsp3) is 0.333. The quantitative estimate of drug-likeness (QED) is 0.284. The molecule has 5 heteroatoms. The molecule has 2 aromatic rings. The van der Waals surface area contributed by atoms with Gasteiger partial charge in [0.1, 0.15) is 23.2 Å². The number of nitrogens with zero attached hydrogens (tertiary/aromatic N) is 1. The normalized spacial score (nSPS) is 11.0. The van der Waals surface area contributed by atoms with E-state index in [1.807, 2.05) is 18.2 Å². The van der Waals surface area contributed by atoms with Gasteiger partial charge in [-0.3, -0.25) is 4.79 Å². The van der Waals surface area contributed by atoms with Crippen LogP contribution in [0.3, 0.4) is 0 Å². The van der Waals surface area contributed by atoms with Crippen molar-refractivity contribution in [1.29, 1.82) is 5.26 Å². The van der Waals surface area contributed by atoms with E-state index in [1.165, 1.54) is 56.4 Å². The van der Waals surface area contributed by atoms with Crippen molar-refractivity contribution in [3.8, 4) is 11.8 Å². The molecule has 2 aromatic carbocycles. The Morgan fingerprint density at radius 1 is 1.07 bits per heavy atom. The Labute approximate surface area is 172 Å². The molecular formula is C24H27FN2O2. The number of unbranched alkanes of at least 4 members (excludes halogenated alkanes) is 5. The minimum atomic E-state index is -0.652. The van der Waals surface area contributed by atoms with E-state index in [2.05, 4.69) is 12.2 Å². The zero-order chi connectivity index (χ0) is 20.9. The number of halogens is 1. The number of benzene rings is 2. The number of ether oxygens (including phenoxy) is 1. The van der Waals surface area contributed by atoms with Gasteiger partial charge in [0, 0.05) is 0 Å². The summed E-state index contributed by atoms with van der Waals surface area (Å²) in [4.78, 5) is 12.2. The van der Waals surface area contributed by atoms with Gasteiger partial charge in [-0.15, -0.1) is 0 Å². The van der Waals surface area contributed by atoms with Crippen LogP contribution in [-0.4, -0.2) is 12.5 Å². The topological polar surface area (TPSA) is 62.1 Å². The van der Waals surface area contributed by atoms with Crippen LogP contribution >= 0.6 is 0 Å². The molecule has 0 saturated heterocycles. The maximum Gasteiger partial charge on any atom is 0.266 e. The van der Waals surface area contributed by atoms with Gasteiger partial charge in [-0.1, -0.05) is 63.3 Å². The molecule has 0 saturated carbocycles. The van der Waals surface area contributed by atoms with E-state index in [0.717, 1.165) is 12.2 Å². The average molecular weight is 394 g/mol. The molecular weight excluding hydrogens is 367 g/mol. The lowest BCUT2D eigenvalue weighted by molar-refractivity contribution is -0.112. The average Bonchev–Trinajstić information content (AvgIpc) is 2.74. The Balaban J connectivity index is 1.87. The van der Waals surface area contributed by atoms with Crippen molar-refractivity contribution >= 4 is 17.7 Å². The minimum Gasteiger partial charge on any atom is -0.494 e. The van der Waals surface area contributed by atoms with Crippen LogP contribution in [-0.2, 0) is 4.79 Å². The van der Waals surface area contributed by atoms with Crippen LogP contribution in [0.2, 0.25) is 0 Å². The number of carbonyl (C=O) groups excluding carboxylic acids is 1. The summed E-state index contributed by atoms with van der Waals surface area (Å²) in [7, 11) is 0. The van der Waals surface area contributed by atoms with Gasteiger partial charge in [0.25, 0.3) is 5.91 Å². The van der Waals surface area contributed by atoms with E-state index in [4.69, 9.17) is 4.74 Å². The summed E-state index contributed by atoms with van der Waals surface area (Å²) < 4.78 is 19.4. The van der Waals surface area contributed by atoms with E-state index in [9.17, 15) is 14.4 Å². The highest BCUT2D eigenvalue weighted by Crippen LogP contribution is 2.17. The summed E-state index contributed by atoms with van der Waals surface area (Å²) in [6.45, 7) is 2.88. The second-order valence-corrected chi connectivity index (χ2v) is 6.79. The lowest BCUT2D eigenvalue weighted by Gasteiger charge is -2.07. The number of nitrogens with one attached hydrogen (secondary N) is 1. The smallest absolute Gasteiger partial charge is 0.266 e. The zero-order valence-electron chi connectivity index (χ0n) is 16.8. The highest BCUT2D eigenvalue weighted by molar-refractivity contribution is 6.09. The van der Waals surface area contributed by atoms with Crippen molar-refractivity contribution in [2.24, 2.45) is 0 Å². The summed E-state index contributed by atoms with van der Waals surface area (Å²) >= 11 is 0. The molecule has 152 valence electrons. The molecule has 0 aliphatic heterocycles. The van der Waals surface area contributed by atoms with Crippen molar-refractivity contribution in [2.45, 2.75) is 45.4 Å². The molecule has 0 aliphatic carbocycles. The van der Waals surface area contributed by atoms with E-state index >= 15 is 0 Å². The Morgan fingerprint density at radius 3 is 2.45 bits per heavy atom. The maximum absolute atomic E-state index is 13.7. The standard InChI is InChI=1S/C24H27FN2O2/c1-2-3-4-5-6-9-16-29-21-14-12-19(13-15-21)17-20(18-26)24(28)27-23-11-8-7-10-22(23)25/h7-8,10-15,17H,2-6,9,16H2,1H3,(H,27,28)/b20-17-. The van der Waals surface area contributed by atoms with Crippen LogP contribution in [0.5, 0.6) is 5.75 Å². The van der Waals surface area contributed by atoms with Crippen LogP contribution < -0.4 is 10.1 Å². The number of nitriles is 1. The summed E-state index contributed by atoms with van der Waals surface area (Å²) in [5.74, 6) is -0.448. The highest BCUT2D eigenvalue weighted by atomic mass is 19.1. The van der Waals surface area contributed by atoms with Gasteiger partial charge in [-0.25, -0.2) is 4.39 Å². The molecule has 2 rings (SSSR count). The van der Waals surface area contributed by atoms with Gasteiger partial charge >= 0.3 is 0 Å². The van der Waals surface area contributed by atoms with Gasteiger partial charge in [0.15, 0.2) is 0 Å². The first-order valence-corrected chi connectivity index (χ1v) is 10.0. The third kappa shape index (κ3) is 7.79. The number of carbonyl (C=O) groups is 1. The molecule has 29 heavy (non-hydrogen) atoms. The predicted molar refractivity (Wildman–Crippen MR) is 114 cm³/mol. The Hall–Kier alpha value is -3.13. The Kier molecular flexibility index (Phi) is 9.44. The zero-order valence-corrected chi connectivity index (χ0v) is 16.8. The first-order valence-electron chi connectivity index (χ1n) is 10.0. The second kappa shape index (κ2) is 12.4. The third-order valence-electron chi connectivity index (χ3n) is 4.44. The molecule has 0 heterocycles. The largest absolute Gasteiger partial charge is 0.494 e.